The molecule has 0 aromatic heterocycles. The van der Waals surface area contributed by atoms with E-state index in [9.17, 15) is 9.59 Å². The van der Waals surface area contributed by atoms with Gasteiger partial charge in [-0.2, -0.15) is 0 Å². The topological polar surface area (TPSA) is 70.7 Å². The molecule has 0 radical (unpaired) electrons. The van der Waals surface area contributed by atoms with Crippen LogP contribution in [0.15, 0.2) is 24.3 Å². The lowest BCUT2D eigenvalue weighted by Gasteiger charge is -2.39. The number of amides is 2. The molecule has 0 saturated carbocycles. The van der Waals surface area contributed by atoms with Crippen molar-refractivity contribution in [3.63, 3.8) is 0 Å². The van der Waals surface area contributed by atoms with Crippen molar-refractivity contribution in [1.82, 2.24) is 15.5 Å². The molecule has 1 aliphatic rings. The molecule has 2 rings (SSSR count). The Morgan fingerprint density at radius 1 is 1.10 bits per heavy atom. The summed E-state index contributed by atoms with van der Waals surface area (Å²) in [6.45, 7) is 14.1. The number of benzene rings is 1. The lowest BCUT2D eigenvalue weighted by molar-refractivity contribution is -0.124. The Balaban J connectivity index is 2.05. The molecule has 168 valence electrons. The van der Waals surface area contributed by atoms with Crippen LogP contribution in [0.3, 0.4) is 0 Å². The van der Waals surface area contributed by atoms with Crippen LogP contribution in [0.5, 0.6) is 0 Å². The average molecular weight is 418 g/mol. The lowest BCUT2D eigenvalue weighted by Crippen LogP contribution is -2.55. The predicted octanol–water partition coefficient (Wildman–Crippen LogP) is 3.00. The van der Waals surface area contributed by atoms with E-state index in [4.69, 9.17) is 4.74 Å². The van der Waals surface area contributed by atoms with Gasteiger partial charge < -0.3 is 15.4 Å². The van der Waals surface area contributed by atoms with Crippen molar-refractivity contribution in [3.8, 4) is 0 Å². The van der Waals surface area contributed by atoms with Crippen LogP contribution in [0.2, 0.25) is 0 Å². The van der Waals surface area contributed by atoms with Gasteiger partial charge in [0, 0.05) is 31.2 Å². The third kappa shape index (κ3) is 6.54. The van der Waals surface area contributed by atoms with Gasteiger partial charge in [0.2, 0.25) is 5.91 Å². The molecule has 1 aliphatic heterocycles. The number of nitrogens with zero attached hydrogens (tertiary/aromatic N) is 1. The van der Waals surface area contributed by atoms with Gasteiger partial charge in [-0.1, -0.05) is 58.7 Å². The summed E-state index contributed by atoms with van der Waals surface area (Å²) >= 11 is 0. The molecular formula is C24H39N3O3. The van der Waals surface area contributed by atoms with Gasteiger partial charge >= 0.3 is 0 Å². The van der Waals surface area contributed by atoms with Crippen molar-refractivity contribution in [3.05, 3.63) is 35.4 Å². The molecule has 30 heavy (non-hydrogen) atoms. The van der Waals surface area contributed by atoms with Gasteiger partial charge in [-0.15, -0.1) is 0 Å². The Morgan fingerprint density at radius 3 is 2.30 bits per heavy atom. The lowest BCUT2D eigenvalue weighted by atomic mass is 9.92. The predicted molar refractivity (Wildman–Crippen MR) is 121 cm³/mol. The van der Waals surface area contributed by atoms with Crippen LogP contribution in [0.4, 0.5) is 0 Å². The van der Waals surface area contributed by atoms with Gasteiger partial charge in [0.25, 0.3) is 5.91 Å². The second-order valence-electron chi connectivity index (χ2n) is 8.55. The molecule has 1 fully saturated rings. The van der Waals surface area contributed by atoms with E-state index < -0.39 is 6.04 Å². The van der Waals surface area contributed by atoms with E-state index in [1.165, 1.54) is 0 Å². The Morgan fingerprint density at radius 2 is 1.73 bits per heavy atom. The smallest absolute Gasteiger partial charge is 0.252 e. The molecule has 2 atom stereocenters. The number of morpholine rings is 1. The molecule has 1 saturated heterocycles. The van der Waals surface area contributed by atoms with Gasteiger partial charge in [-0.25, -0.2) is 0 Å². The minimum atomic E-state index is -0.566. The van der Waals surface area contributed by atoms with Gasteiger partial charge in [-0.05, 0) is 30.4 Å². The minimum absolute atomic E-state index is 0.00653. The molecule has 1 aromatic carbocycles. The highest BCUT2D eigenvalue weighted by atomic mass is 16.5. The van der Waals surface area contributed by atoms with Crippen LogP contribution in [0.1, 0.15) is 56.5 Å². The molecule has 6 nitrogen and oxygen atoms in total. The van der Waals surface area contributed by atoms with Crippen molar-refractivity contribution in [1.29, 1.82) is 0 Å². The van der Waals surface area contributed by atoms with E-state index in [1.807, 2.05) is 39.0 Å². The van der Waals surface area contributed by atoms with Crippen molar-refractivity contribution in [2.24, 2.45) is 11.8 Å². The van der Waals surface area contributed by atoms with Crippen molar-refractivity contribution >= 4 is 11.8 Å². The van der Waals surface area contributed by atoms with Crippen LogP contribution in [-0.4, -0.2) is 61.6 Å². The number of hydrogen-bond donors (Lipinski definition) is 2. The second kappa shape index (κ2) is 12.1. The van der Waals surface area contributed by atoms with E-state index in [1.54, 1.807) is 6.07 Å². The molecule has 2 amide bonds. The van der Waals surface area contributed by atoms with Crippen LogP contribution < -0.4 is 10.6 Å². The number of aryl methyl sites for hydroxylation is 1. The maximum absolute atomic E-state index is 13.1. The third-order valence-corrected chi connectivity index (χ3v) is 6.22. The van der Waals surface area contributed by atoms with E-state index >= 15 is 0 Å². The molecular weight excluding hydrogens is 378 g/mol. The number of carbonyl (C=O) groups excluding carboxylic acids is 2. The van der Waals surface area contributed by atoms with E-state index in [2.05, 4.69) is 29.4 Å². The highest BCUT2D eigenvalue weighted by Gasteiger charge is 2.30. The van der Waals surface area contributed by atoms with E-state index in [0.29, 0.717) is 18.0 Å². The zero-order valence-corrected chi connectivity index (χ0v) is 19.2. The normalized spacial score (nSPS) is 17.0. The fourth-order valence-electron chi connectivity index (χ4n) is 4.23. The Bertz CT molecular complexity index is 682. The fraction of sp³-hybridized carbons (Fsp3) is 0.667. The van der Waals surface area contributed by atoms with Crippen LogP contribution in [0.25, 0.3) is 0 Å². The summed E-state index contributed by atoms with van der Waals surface area (Å²) in [6, 6.07) is 7.16. The molecule has 1 heterocycles. The number of hydrogen-bond acceptors (Lipinski definition) is 4. The largest absolute Gasteiger partial charge is 0.379 e. The summed E-state index contributed by atoms with van der Waals surface area (Å²) in [6.07, 6.45) is 2.15. The molecule has 6 heteroatoms. The molecule has 1 aromatic rings. The highest BCUT2D eigenvalue weighted by Crippen LogP contribution is 2.20. The first-order valence-electron chi connectivity index (χ1n) is 11.3. The number of rotatable bonds is 10. The SMILES string of the molecule is CCC(CC)C(CNC(=O)C(NC(=O)c1ccccc1C)C(C)C)N1CCOCC1. The Kier molecular flexibility index (Phi) is 9.79. The van der Waals surface area contributed by atoms with Crippen LogP contribution in [0, 0.1) is 18.8 Å². The summed E-state index contributed by atoms with van der Waals surface area (Å²) in [7, 11) is 0. The number of nitrogens with one attached hydrogen (secondary N) is 2. The molecule has 2 unspecified atom stereocenters. The van der Waals surface area contributed by atoms with Gasteiger partial charge in [0.15, 0.2) is 0 Å². The van der Waals surface area contributed by atoms with Crippen molar-refractivity contribution < 1.29 is 14.3 Å². The maximum Gasteiger partial charge on any atom is 0.252 e. The van der Waals surface area contributed by atoms with Crippen LogP contribution >= 0.6 is 0 Å². The molecule has 0 bridgehead atoms. The first kappa shape index (κ1) is 24.4. The Hall–Kier alpha value is -1.92. The van der Waals surface area contributed by atoms with E-state index in [-0.39, 0.29) is 23.8 Å². The minimum Gasteiger partial charge on any atom is -0.379 e. The van der Waals surface area contributed by atoms with Crippen molar-refractivity contribution in [2.45, 2.75) is 59.5 Å². The summed E-state index contributed by atoms with van der Waals surface area (Å²) in [5.41, 5.74) is 1.51. The molecule has 2 N–H and O–H groups in total. The second-order valence-corrected chi connectivity index (χ2v) is 8.55. The number of carbonyl (C=O) groups is 2. The summed E-state index contributed by atoms with van der Waals surface area (Å²) in [5.74, 6) is 0.193. The standard InChI is InChI=1S/C24H39N3O3/c1-6-19(7-2)21(27-12-14-30-15-13-27)16-25-24(29)22(17(3)4)26-23(28)20-11-9-8-10-18(20)5/h8-11,17,19,21-22H,6-7,12-16H2,1-5H3,(H,25,29)(H,26,28). The molecule has 0 spiro atoms. The van der Waals surface area contributed by atoms with Crippen LogP contribution in [-0.2, 0) is 9.53 Å². The van der Waals surface area contributed by atoms with Gasteiger partial charge in [0.05, 0.1) is 13.2 Å². The Labute approximate surface area is 181 Å². The van der Waals surface area contributed by atoms with Gasteiger partial charge in [0.1, 0.15) is 6.04 Å². The maximum atomic E-state index is 13.1. The summed E-state index contributed by atoms with van der Waals surface area (Å²) < 4.78 is 5.51. The zero-order valence-electron chi connectivity index (χ0n) is 19.2. The highest BCUT2D eigenvalue weighted by molar-refractivity contribution is 5.98. The quantitative estimate of drug-likeness (QED) is 0.614. The number of ether oxygens (including phenoxy) is 1. The van der Waals surface area contributed by atoms with Gasteiger partial charge in [-0.3, -0.25) is 14.5 Å². The monoisotopic (exact) mass is 417 g/mol. The third-order valence-electron chi connectivity index (χ3n) is 6.22. The summed E-state index contributed by atoms with van der Waals surface area (Å²) in [5, 5.41) is 6.10. The average Bonchev–Trinajstić information content (AvgIpc) is 2.75. The first-order chi connectivity index (χ1) is 14.4. The van der Waals surface area contributed by atoms with E-state index in [0.717, 1.165) is 44.7 Å². The fourth-order valence-corrected chi connectivity index (χ4v) is 4.23. The first-order valence-corrected chi connectivity index (χ1v) is 11.3. The molecule has 0 aliphatic carbocycles. The van der Waals surface area contributed by atoms with Crippen molar-refractivity contribution in [2.75, 3.05) is 32.8 Å². The zero-order chi connectivity index (χ0) is 22.1. The summed E-state index contributed by atoms with van der Waals surface area (Å²) in [4.78, 5) is 28.3.